The average molecular weight is 321 g/mol. The van der Waals surface area contributed by atoms with Gasteiger partial charge in [0.2, 0.25) is 0 Å². The number of pyridine rings is 1. The van der Waals surface area contributed by atoms with Crippen LogP contribution in [-0.2, 0) is 4.74 Å². The zero-order valence-corrected chi connectivity index (χ0v) is 14.0. The van der Waals surface area contributed by atoms with E-state index in [1.807, 2.05) is 32.0 Å². The molecule has 0 bridgehead atoms. The van der Waals surface area contributed by atoms with Crippen LogP contribution in [0.4, 0.5) is 0 Å². The molecule has 0 unspecified atom stereocenters. The molecular formula is C19H19N3O2. The summed E-state index contributed by atoms with van der Waals surface area (Å²) < 4.78 is 6.78. The first kappa shape index (κ1) is 15.9. The summed E-state index contributed by atoms with van der Waals surface area (Å²) in [4.78, 5) is 16.1. The van der Waals surface area contributed by atoms with E-state index in [2.05, 4.69) is 22.2 Å². The summed E-state index contributed by atoms with van der Waals surface area (Å²) in [6.45, 7) is 6.13. The highest BCUT2D eigenvalue weighted by Gasteiger charge is 2.15. The fourth-order valence-corrected chi connectivity index (χ4v) is 2.73. The minimum absolute atomic E-state index is 0.346. The van der Waals surface area contributed by atoms with E-state index in [9.17, 15) is 4.79 Å². The lowest BCUT2D eigenvalue weighted by Crippen LogP contribution is -2.07. The number of nitrogens with zero attached hydrogens (tertiary/aromatic N) is 3. The van der Waals surface area contributed by atoms with Gasteiger partial charge in [0.1, 0.15) is 0 Å². The van der Waals surface area contributed by atoms with Crippen LogP contribution >= 0.6 is 0 Å². The van der Waals surface area contributed by atoms with Crippen molar-refractivity contribution in [1.29, 1.82) is 0 Å². The van der Waals surface area contributed by atoms with Gasteiger partial charge in [-0.05, 0) is 38.5 Å². The maximum Gasteiger partial charge on any atom is 0.339 e. The maximum absolute atomic E-state index is 11.7. The first-order chi connectivity index (χ1) is 11.6. The molecule has 0 aliphatic rings. The average Bonchev–Trinajstić information content (AvgIpc) is 2.90. The largest absolute Gasteiger partial charge is 0.462 e. The molecule has 0 aliphatic heterocycles. The molecule has 1 aromatic carbocycles. The number of aromatic nitrogens is 3. The highest BCUT2D eigenvalue weighted by atomic mass is 16.5. The molecule has 0 atom stereocenters. The Bertz CT molecular complexity index is 852. The van der Waals surface area contributed by atoms with E-state index in [0.29, 0.717) is 18.0 Å². The molecule has 5 heteroatoms. The van der Waals surface area contributed by atoms with Crippen molar-refractivity contribution in [1.82, 2.24) is 14.8 Å². The Morgan fingerprint density at radius 2 is 1.88 bits per heavy atom. The summed E-state index contributed by atoms with van der Waals surface area (Å²) in [7, 11) is 0. The molecule has 0 saturated carbocycles. The minimum Gasteiger partial charge on any atom is -0.462 e. The second kappa shape index (κ2) is 6.66. The molecular weight excluding hydrogens is 302 g/mol. The smallest absolute Gasteiger partial charge is 0.339 e. The zero-order chi connectivity index (χ0) is 17.1. The van der Waals surface area contributed by atoms with Crippen LogP contribution < -0.4 is 0 Å². The Kier molecular flexibility index (Phi) is 4.42. The molecule has 0 radical (unpaired) electrons. The Morgan fingerprint density at radius 3 is 2.50 bits per heavy atom. The number of ether oxygens (including phenoxy) is 1. The normalized spacial score (nSPS) is 10.6. The lowest BCUT2D eigenvalue weighted by atomic mass is 10.0. The number of aryl methyl sites for hydroxylation is 1. The third kappa shape index (κ3) is 2.93. The summed E-state index contributed by atoms with van der Waals surface area (Å²) in [6.07, 6.45) is 1.52. The van der Waals surface area contributed by atoms with Crippen LogP contribution in [0.25, 0.3) is 16.9 Å². The van der Waals surface area contributed by atoms with Gasteiger partial charge >= 0.3 is 5.97 Å². The Morgan fingerprint density at radius 1 is 1.12 bits per heavy atom. The number of rotatable bonds is 4. The fourth-order valence-electron chi connectivity index (χ4n) is 2.73. The molecule has 3 aromatic rings. The molecule has 0 amide bonds. The summed E-state index contributed by atoms with van der Waals surface area (Å²) in [6, 6.07) is 13.6. The van der Waals surface area contributed by atoms with Gasteiger partial charge in [0.05, 0.1) is 23.6 Å². The van der Waals surface area contributed by atoms with Gasteiger partial charge in [0.25, 0.3) is 0 Å². The van der Waals surface area contributed by atoms with Gasteiger partial charge in [-0.2, -0.15) is 5.10 Å². The first-order valence-electron chi connectivity index (χ1n) is 7.87. The Balaban J connectivity index is 1.98. The predicted octanol–water partition coefficient (Wildman–Crippen LogP) is 3.73. The monoisotopic (exact) mass is 321 g/mol. The molecule has 122 valence electrons. The fraction of sp³-hybridized carbons (Fsp3) is 0.211. The first-order valence-corrected chi connectivity index (χ1v) is 7.87. The van der Waals surface area contributed by atoms with Crippen molar-refractivity contribution in [3.05, 3.63) is 65.6 Å². The van der Waals surface area contributed by atoms with E-state index in [1.54, 1.807) is 23.7 Å². The van der Waals surface area contributed by atoms with Crippen molar-refractivity contribution in [3.63, 3.8) is 0 Å². The summed E-state index contributed by atoms with van der Waals surface area (Å²) in [5, 5.41) is 4.61. The van der Waals surface area contributed by atoms with Crippen molar-refractivity contribution in [3.8, 4) is 16.9 Å². The van der Waals surface area contributed by atoms with Gasteiger partial charge < -0.3 is 4.74 Å². The lowest BCUT2D eigenvalue weighted by molar-refractivity contribution is 0.0526. The van der Waals surface area contributed by atoms with Crippen molar-refractivity contribution in [2.24, 2.45) is 0 Å². The van der Waals surface area contributed by atoms with E-state index in [4.69, 9.17) is 4.74 Å². The highest BCUT2D eigenvalue weighted by molar-refractivity contribution is 5.89. The number of carbonyl (C=O) groups is 1. The maximum atomic E-state index is 11.7. The number of hydrogen-bond donors (Lipinski definition) is 0. The topological polar surface area (TPSA) is 57.0 Å². The van der Waals surface area contributed by atoms with Gasteiger partial charge in [-0.3, -0.25) is 0 Å². The molecule has 5 nitrogen and oxygen atoms in total. The summed E-state index contributed by atoms with van der Waals surface area (Å²) in [5.41, 5.74) is 4.62. The molecule has 2 heterocycles. The Labute approximate surface area is 140 Å². The Hall–Kier alpha value is -2.95. The van der Waals surface area contributed by atoms with Gasteiger partial charge in [-0.1, -0.05) is 30.3 Å². The predicted molar refractivity (Wildman–Crippen MR) is 92.2 cm³/mol. The van der Waals surface area contributed by atoms with E-state index >= 15 is 0 Å². The molecule has 0 N–H and O–H groups in total. The number of hydrogen-bond acceptors (Lipinski definition) is 4. The molecule has 3 rings (SSSR count). The SMILES string of the molecule is CCOC(=O)c1ccc(-n2nc(C)c(-c3ccccc3)c2C)nc1. The quantitative estimate of drug-likeness (QED) is 0.687. The van der Waals surface area contributed by atoms with E-state index in [-0.39, 0.29) is 5.97 Å². The lowest BCUT2D eigenvalue weighted by Gasteiger charge is -2.06. The molecule has 0 spiro atoms. The number of benzene rings is 1. The van der Waals surface area contributed by atoms with Crippen molar-refractivity contribution in [2.45, 2.75) is 20.8 Å². The van der Waals surface area contributed by atoms with E-state index in [0.717, 1.165) is 22.5 Å². The van der Waals surface area contributed by atoms with E-state index < -0.39 is 0 Å². The van der Waals surface area contributed by atoms with Crippen LogP contribution in [0.5, 0.6) is 0 Å². The van der Waals surface area contributed by atoms with Gasteiger partial charge in [0.15, 0.2) is 5.82 Å². The second-order valence-electron chi connectivity index (χ2n) is 5.45. The van der Waals surface area contributed by atoms with Crippen LogP contribution in [-0.4, -0.2) is 27.3 Å². The number of esters is 1. The van der Waals surface area contributed by atoms with Crippen LogP contribution in [0.3, 0.4) is 0 Å². The number of carbonyl (C=O) groups excluding carboxylic acids is 1. The summed E-state index contributed by atoms with van der Waals surface area (Å²) >= 11 is 0. The van der Waals surface area contributed by atoms with Crippen LogP contribution in [0.2, 0.25) is 0 Å². The molecule has 24 heavy (non-hydrogen) atoms. The van der Waals surface area contributed by atoms with Gasteiger partial charge in [-0.25, -0.2) is 14.5 Å². The molecule has 0 aliphatic carbocycles. The zero-order valence-electron chi connectivity index (χ0n) is 14.0. The van der Waals surface area contributed by atoms with E-state index in [1.165, 1.54) is 6.20 Å². The highest BCUT2D eigenvalue weighted by Crippen LogP contribution is 2.27. The standard InChI is InChI=1S/C19H19N3O2/c1-4-24-19(23)16-10-11-17(20-12-16)22-14(3)18(13(2)21-22)15-8-6-5-7-9-15/h5-12H,4H2,1-3H3. The minimum atomic E-state index is -0.366. The van der Waals surface area contributed by atoms with Crippen molar-refractivity contribution < 1.29 is 9.53 Å². The molecule has 2 aromatic heterocycles. The third-order valence-electron chi connectivity index (χ3n) is 3.83. The van der Waals surface area contributed by atoms with Gasteiger partial charge in [0, 0.05) is 11.8 Å². The van der Waals surface area contributed by atoms with Crippen molar-refractivity contribution >= 4 is 5.97 Å². The van der Waals surface area contributed by atoms with Gasteiger partial charge in [-0.15, -0.1) is 0 Å². The van der Waals surface area contributed by atoms with Crippen molar-refractivity contribution in [2.75, 3.05) is 6.61 Å². The van der Waals surface area contributed by atoms with Crippen LogP contribution in [0, 0.1) is 13.8 Å². The summed E-state index contributed by atoms with van der Waals surface area (Å²) in [5.74, 6) is 0.306. The van der Waals surface area contributed by atoms with Crippen LogP contribution in [0.1, 0.15) is 28.7 Å². The van der Waals surface area contributed by atoms with Crippen LogP contribution in [0.15, 0.2) is 48.7 Å². The molecule has 0 saturated heterocycles. The second-order valence-corrected chi connectivity index (χ2v) is 5.45. The molecule has 0 fully saturated rings. The third-order valence-corrected chi connectivity index (χ3v) is 3.83.